The van der Waals surface area contributed by atoms with Crippen LogP contribution in [-0.4, -0.2) is 6.54 Å². The van der Waals surface area contributed by atoms with Crippen molar-refractivity contribution in [1.82, 2.24) is 0 Å². The van der Waals surface area contributed by atoms with Crippen molar-refractivity contribution in [3.8, 4) is 0 Å². The molecule has 1 nitrogen and oxygen atoms in total. The summed E-state index contributed by atoms with van der Waals surface area (Å²) in [6.07, 6.45) is 5.59. The maximum atomic E-state index is 5.70. The first-order valence-electron chi connectivity index (χ1n) is 5.83. The van der Waals surface area contributed by atoms with Crippen LogP contribution < -0.4 is 5.73 Å². The molecule has 0 heterocycles. The van der Waals surface area contributed by atoms with E-state index in [0.717, 1.165) is 30.2 Å². The van der Waals surface area contributed by atoms with Crippen LogP contribution in [0.1, 0.15) is 46.5 Å². The Balaban J connectivity index is 2.28. The van der Waals surface area contributed by atoms with Crippen molar-refractivity contribution >= 4 is 0 Å². The molecule has 1 aliphatic carbocycles. The van der Waals surface area contributed by atoms with Gasteiger partial charge in [-0.3, -0.25) is 0 Å². The molecule has 0 radical (unpaired) electrons. The van der Waals surface area contributed by atoms with Crippen LogP contribution >= 0.6 is 0 Å². The normalized spacial score (nSPS) is 31.2. The third-order valence-electron chi connectivity index (χ3n) is 3.56. The zero-order valence-corrected chi connectivity index (χ0v) is 9.42. The Hall–Kier alpha value is -0.0400. The fourth-order valence-corrected chi connectivity index (χ4v) is 2.78. The number of hydrogen-bond donors (Lipinski definition) is 1. The molecule has 0 saturated heterocycles. The van der Waals surface area contributed by atoms with Crippen molar-refractivity contribution in [3.63, 3.8) is 0 Å². The van der Waals surface area contributed by atoms with Crippen LogP contribution in [0.3, 0.4) is 0 Å². The van der Waals surface area contributed by atoms with E-state index in [9.17, 15) is 0 Å². The van der Waals surface area contributed by atoms with E-state index in [1.54, 1.807) is 0 Å². The molecule has 1 aliphatic rings. The Bertz CT molecular complexity index is 142. The molecular formula is C12H25N. The predicted molar refractivity (Wildman–Crippen MR) is 58.5 cm³/mol. The van der Waals surface area contributed by atoms with Gasteiger partial charge in [0.25, 0.3) is 0 Å². The first kappa shape index (κ1) is 11.0. The molecule has 0 aromatic heterocycles. The van der Waals surface area contributed by atoms with Gasteiger partial charge < -0.3 is 5.73 Å². The van der Waals surface area contributed by atoms with E-state index in [0.29, 0.717) is 0 Å². The van der Waals surface area contributed by atoms with Gasteiger partial charge in [0.05, 0.1) is 0 Å². The summed E-state index contributed by atoms with van der Waals surface area (Å²) in [5.74, 6) is 3.57. The van der Waals surface area contributed by atoms with Crippen molar-refractivity contribution in [2.75, 3.05) is 6.54 Å². The largest absolute Gasteiger partial charge is 0.330 e. The summed E-state index contributed by atoms with van der Waals surface area (Å²) in [4.78, 5) is 0. The lowest BCUT2D eigenvalue weighted by Gasteiger charge is -2.21. The fraction of sp³-hybridized carbons (Fsp3) is 1.00. The Labute approximate surface area is 83.1 Å². The van der Waals surface area contributed by atoms with E-state index >= 15 is 0 Å². The molecule has 2 N–H and O–H groups in total. The third-order valence-corrected chi connectivity index (χ3v) is 3.56. The highest BCUT2D eigenvalue weighted by Gasteiger charge is 2.27. The number of rotatable bonds is 4. The Morgan fingerprint density at radius 1 is 1.23 bits per heavy atom. The van der Waals surface area contributed by atoms with Crippen LogP contribution in [0.15, 0.2) is 0 Å². The average Bonchev–Trinajstić information content (AvgIpc) is 2.50. The van der Waals surface area contributed by atoms with Gasteiger partial charge in [-0.1, -0.05) is 20.8 Å². The second kappa shape index (κ2) is 4.99. The van der Waals surface area contributed by atoms with Gasteiger partial charge in [-0.2, -0.15) is 0 Å². The van der Waals surface area contributed by atoms with Crippen molar-refractivity contribution < 1.29 is 0 Å². The first-order valence-corrected chi connectivity index (χ1v) is 5.83. The summed E-state index contributed by atoms with van der Waals surface area (Å²) in [5, 5.41) is 0. The highest BCUT2D eigenvalue weighted by molar-refractivity contribution is 4.79. The van der Waals surface area contributed by atoms with Gasteiger partial charge >= 0.3 is 0 Å². The molecule has 1 saturated carbocycles. The average molecular weight is 183 g/mol. The van der Waals surface area contributed by atoms with Crippen LogP contribution in [0.25, 0.3) is 0 Å². The SMILES string of the molecule is CC(C)CC(C)C1CCC(CN)C1. The van der Waals surface area contributed by atoms with Gasteiger partial charge in [0, 0.05) is 0 Å². The number of nitrogens with two attached hydrogens (primary N) is 1. The molecule has 1 heteroatoms. The lowest BCUT2D eigenvalue weighted by molar-refractivity contribution is 0.301. The van der Waals surface area contributed by atoms with Gasteiger partial charge in [0.2, 0.25) is 0 Å². The molecule has 0 aromatic rings. The van der Waals surface area contributed by atoms with Crippen LogP contribution in [0.4, 0.5) is 0 Å². The molecular weight excluding hydrogens is 158 g/mol. The van der Waals surface area contributed by atoms with Crippen molar-refractivity contribution in [2.24, 2.45) is 29.4 Å². The maximum Gasteiger partial charge on any atom is -0.00488 e. The molecule has 0 aliphatic heterocycles. The maximum absolute atomic E-state index is 5.70. The lowest BCUT2D eigenvalue weighted by Crippen LogP contribution is -2.14. The lowest BCUT2D eigenvalue weighted by atomic mass is 9.85. The molecule has 0 bridgehead atoms. The summed E-state index contributed by atoms with van der Waals surface area (Å²) >= 11 is 0. The molecule has 0 amide bonds. The molecule has 0 aromatic carbocycles. The van der Waals surface area contributed by atoms with Gasteiger partial charge in [0.15, 0.2) is 0 Å². The second-order valence-electron chi connectivity index (χ2n) is 5.28. The van der Waals surface area contributed by atoms with E-state index < -0.39 is 0 Å². The summed E-state index contributed by atoms with van der Waals surface area (Å²) in [6, 6.07) is 0. The van der Waals surface area contributed by atoms with E-state index in [4.69, 9.17) is 5.73 Å². The van der Waals surface area contributed by atoms with E-state index in [-0.39, 0.29) is 0 Å². The van der Waals surface area contributed by atoms with Crippen molar-refractivity contribution in [1.29, 1.82) is 0 Å². The molecule has 3 unspecified atom stereocenters. The van der Waals surface area contributed by atoms with E-state index in [1.165, 1.54) is 25.7 Å². The van der Waals surface area contributed by atoms with Crippen LogP contribution in [-0.2, 0) is 0 Å². The third kappa shape index (κ3) is 3.30. The van der Waals surface area contributed by atoms with Gasteiger partial charge in [0.1, 0.15) is 0 Å². The summed E-state index contributed by atoms with van der Waals surface area (Å²) in [6.45, 7) is 7.98. The van der Waals surface area contributed by atoms with Gasteiger partial charge in [-0.05, 0) is 55.9 Å². The van der Waals surface area contributed by atoms with Crippen LogP contribution in [0, 0.1) is 23.7 Å². The Morgan fingerprint density at radius 2 is 1.92 bits per heavy atom. The highest BCUT2D eigenvalue weighted by Crippen LogP contribution is 2.37. The Kier molecular flexibility index (Phi) is 4.24. The molecule has 1 rings (SSSR count). The predicted octanol–water partition coefficient (Wildman–Crippen LogP) is 3.04. The monoisotopic (exact) mass is 183 g/mol. The zero-order chi connectivity index (χ0) is 9.84. The molecule has 13 heavy (non-hydrogen) atoms. The van der Waals surface area contributed by atoms with Crippen molar-refractivity contribution in [2.45, 2.75) is 46.5 Å². The molecule has 3 atom stereocenters. The van der Waals surface area contributed by atoms with Gasteiger partial charge in [-0.15, -0.1) is 0 Å². The molecule has 78 valence electrons. The van der Waals surface area contributed by atoms with Crippen LogP contribution in [0.5, 0.6) is 0 Å². The van der Waals surface area contributed by atoms with E-state index in [2.05, 4.69) is 20.8 Å². The molecule has 1 fully saturated rings. The smallest absolute Gasteiger partial charge is 0.00488 e. The zero-order valence-electron chi connectivity index (χ0n) is 9.42. The molecule has 0 spiro atoms. The number of hydrogen-bond acceptors (Lipinski definition) is 1. The van der Waals surface area contributed by atoms with Crippen LogP contribution in [0.2, 0.25) is 0 Å². The Morgan fingerprint density at radius 3 is 2.38 bits per heavy atom. The quantitative estimate of drug-likeness (QED) is 0.712. The van der Waals surface area contributed by atoms with Crippen molar-refractivity contribution in [3.05, 3.63) is 0 Å². The topological polar surface area (TPSA) is 26.0 Å². The minimum Gasteiger partial charge on any atom is -0.330 e. The fourth-order valence-electron chi connectivity index (χ4n) is 2.78. The summed E-state index contributed by atoms with van der Waals surface area (Å²) < 4.78 is 0. The standard InChI is InChI=1S/C12H25N/c1-9(2)6-10(3)12-5-4-11(7-12)8-13/h9-12H,4-8,13H2,1-3H3. The summed E-state index contributed by atoms with van der Waals surface area (Å²) in [5.41, 5.74) is 5.70. The highest BCUT2D eigenvalue weighted by atomic mass is 14.6. The first-order chi connectivity index (χ1) is 6.13. The second-order valence-corrected chi connectivity index (χ2v) is 5.28. The van der Waals surface area contributed by atoms with E-state index in [1.807, 2.05) is 0 Å². The minimum absolute atomic E-state index is 0.833. The minimum atomic E-state index is 0.833. The summed E-state index contributed by atoms with van der Waals surface area (Å²) in [7, 11) is 0. The van der Waals surface area contributed by atoms with Gasteiger partial charge in [-0.25, -0.2) is 0 Å².